The first-order valence-electron chi connectivity index (χ1n) is 10.2. The number of piperidine rings is 1. The number of carbonyl (C=O) groups is 1. The van der Waals surface area contributed by atoms with Crippen LogP contribution in [0.15, 0.2) is 30.6 Å². The topological polar surface area (TPSA) is 88.8 Å². The number of rotatable bonds is 5. The number of anilines is 1. The van der Waals surface area contributed by atoms with Gasteiger partial charge in [0, 0.05) is 50.5 Å². The van der Waals surface area contributed by atoms with Crippen molar-refractivity contribution >= 4 is 22.6 Å². The average Bonchev–Trinajstić information content (AvgIpc) is 3.15. The number of fused-ring (bicyclic) bond motifs is 1. The second kappa shape index (κ2) is 8.06. The lowest BCUT2D eigenvalue weighted by molar-refractivity contribution is -0.130. The monoisotopic (exact) mass is 411 g/mol. The molecule has 30 heavy (non-hydrogen) atoms. The third-order valence-corrected chi connectivity index (χ3v) is 5.48. The summed E-state index contributed by atoms with van der Waals surface area (Å²) in [5.74, 6) is 0.828. The van der Waals surface area contributed by atoms with E-state index in [4.69, 9.17) is 0 Å². The van der Waals surface area contributed by atoms with E-state index in [0.717, 1.165) is 23.3 Å². The highest BCUT2D eigenvalue weighted by Gasteiger charge is 2.41. The summed E-state index contributed by atoms with van der Waals surface area (Å²) in [7, 11) is 1.86. The number of hydrogen-bond donors (Lipinski definition) is 1. The van der Waals surface area contributed by atoms with Gasteiger partial charge in [0.25, 0.3) is 5.91 Å². The molecule has 9 heteroatoms. The molecule has 1 amide bonds. The minimum Gasteiger partial charge on any atom is -0.317 e. The zero-order chi connectivity index (χ0) is 21.3. The van der Waals surface area contributed by atoms with Gasteiger partial charge in [-0.25, -0.2) is 4.39 Å². The average molecular weight is 411 g/mol. The maximum atomic E-state index is 15.3. The first-order chi connectivity index (χ1) is 14.3. The number of alkyl halides is 1. The maximum absolute atomic E-state index is 15.3. The van der Waals surface area contributed by atoms with E-state index in [1.807, 2.05) is 29.8 Å². The lowest BCUT2D eigenvalue weighted by Crippen LogP contribution is -2.49. The first-order valence-corrected chi connectivity index (χ1v) is 10.2. The molecule has 0 unspecified atom stereocenters. The van der Waals surface area contributed by atoms with Crippen LogP contribution in [0.25, 0.3) is 22.3 Å². The minimum atomic E-state index is -1.88. The maximum Gasteiger partial charge on any atom is 0.263 e. The van der Waals surface area contributed by atoms with Crippen LogP contribution >= 0.6 is 0 Å². The molecule has 1 fully saturated rings. The summed E-state index contributed by atoms with van der Waals surface area (Å²) < 4.78 is 17.1. The normalized spacial score (nSPS) is 16.8. The fourth-order valence-corrected chi connectivity index (χ4v) is 3.85. The van der Waals surface area contributed by atoms with Crippen LogP contribution in [-0.2, 0) is 11.8 Å². The molecule has 158 valence electrons. The molecule has 3 heterocycles. The van der Waals surface area contributed by atoms with Crippen molar-refractivity contribution in [1.29, 1.82) is 0 Å². The van der Waals surface area contributed by atoms with E-state index in [1.165, 1.54) is 0 Å². The molecular weight excluding hydrogens is 385 g/mol. The van der Waals surface area contributed by atoms with Gasteiger partial charge in [-0.15, -0.1) is 20.4 Å². The Labute approximate surface area is 174 Å². The lowest BCUT2D eigenvalue weighted by atomic mass is 9.92. The van der Waals surface area contributed by atoms with Crippen LogP contribution in [0, 0.1) is 5.92 Å². The van der Waals surface area contributed by atoms with Gasteiger partial charge in [-0.3, -0.25) is 4.79 Å². The quantitative estimate of drug-likeness (QED) is 0.695. The van der Waals surface area contributed by atoms with Crippen LogP contribution in [0.4, 0.5) is 10.2 Å². The predicted octanol–water partition coefficient (Wildman–Crippen LogP) is 2.82. The number of aryl methyl sites for hydroxylation is 1. The molecule has 0 bridgehead atoms. The van der Waals surface area contributed by atoms with Gasteiger partial charge in [0.1, 0.15) is 6.33 Å². The van der Waals surface area contributed by atoms with E-state index in [2.05, 4.69) is 44.5 Å². The summed E-state index contributed by atoms with van der Waals surface area (Å²) >= 11 is 0. The van der Waals surface area contributed by atoms with Gasteiger partial charge in [0.2, 0.25) is 0 Å². The van der Waals surface area contributed by atoms with E-state index in [0.29, 0.717) is 24.5 Å². The molecule has 1 saturated heterocycles. The van der Waals surface area contributed by atoms with Crippen molar-refractivity contribution in [2.24, 2.45) is 13.0 Å². The number of aromatic nitrogens is 5. The third-order valence-electron chi connectivity index (χ3n) is 5.48. The highest BCUT2D eigenvalue weighted by Crippen LogP contribution is 2.29. The number of amides is 1. The number of carbonyl (C=O) groups excluding carboxylic acids is 1. The van der Waals surface area contributed by atoms with Crippen LogP contribution < -0.4 is 5.32 Å². The first kappa shape index (κ1) is 20.3. The number of hydrogen-bond acceptors (Lipinski definition) is 6. The van der Waals surface area contributed by atoms with Crippen LogP contribution in [0.2, 0.25) is 0 Å². The molecule has 0 aliphatic carbocycles. The number of nitrogens with one attached hydrogen (secondary N) is 1. The second-order valence-corrected chi connectivity index (χ2v) is 8.38. The Kier molecular flexibility index (Phi) is 5.46. The molecular formula is C21H26FN7O. The lowest BCUT2D eigenvalue weighted by Gasteiger charge is -2.35. The van der Waals surface area contributed by atoms with Crippen molar-refractivity contribution in [3.05, 3.63) is 30.6 Å². The smallest absolute Gasteiger partial charge is 0.263 e. The Morgan fingerprint density at radius 1 is 1.20 bits per heavy atom. The Morgan fingerprint density at radius 2 is 1.97 bits per heavy atom. The molecule has 1 aliphatic rings. The van der Waals surface area contributed by atoms with Crippen molar-refractivity contribution in [3.8, 4) is 11.4 Å². The van der Waals surface area contributed by atoms with E-state index < -0.39 is 11.6 Å². The molecule has 0 radical (unpaired) electrons. The van der Waals surface area contributed by atoms with Gasteiger partial charge in [-0.1, -0.05) is 13.8 Å². The Balaban J connectivity index is 1.49. The van der Waals surface area contributed by atoms with Crippen molar-refractivity contribution in [1.82, 2.24) is 29.9 Å². The molecule has 8 nitrogen and oxygen atoms in total. The highest BCUT2D eigenvalue weighted by atomic mass is 19.1. The molecule has 0 atom stereocenters. The van der Waals surface area contributed by atoms with Crippen molar-refractivity contribution in [2.45, 2.75) is 32.4 Å². The fraction of sp³-hybridized carbons (Fsp3) is 0.476. The number of benzene rings is 1. The number of likely N-dealkylation sites (tertiary alicyclic amines) is 1. The van der Waals surface area contributed by atoms with E-state index >= 15 is 4.39 Å². The van der Waals surface area contributed by atoms with Gasteiger partial charge in [-0.2, -0.15) is 0 Å². The minimum absolute atomic E-state index is 0.183. The van der Waals surface area contributed by atoms with Gasteiger partial charge in [0.05, 0.1) is 5.52 Å². The fourth-order valence-electron chi connectivity index (χ4n) is 3.85. The number of nitrogens with zero attached hydrogens (tertiary/aromatic N) is 6. The van der Waals surface area contributed by atoms with Crippen molar-refractivity contribution in [2.75, 3.05) is 25.0 Å². The van der Waals surface area contributed by atoms with E-state index in [1.54, 1.807) is 12.4 Å². The zero-order valence-corrected chi connectivity index (χ0v) is 17.5. The van der Waals surface area contributed by atoms with Gasteiger partial charge in [0.15, 0.2) is 17.3 Å². The summed E-state index contributed by atoms with van der Waals surface area (Å²) in [6, 6.07) is 7.33. The van der Waals surface area contributed by atoms with Crippen LogP contribution in [-0.4, -0.2) is 61.1 Å². The molecule has 0 saturated carbocycles. The SMILES string of the molecule is CC(C)CN1CCC(F)(C(=O)Nc2cc3cc(-c4nncn4C)ccc3nn2)CC1. The summed E-state index contributed by atoms with van der Waals surface area (Å²) in [5.41, 5.74) is -0.340. The van der Waals surface area contributed by atoms with Crippen LogP contribution in [0.3, 0.4) is 0 Å². The Hall–Kier alpha value is -2.94. The molecule has 3 aromatic rings. The van der Waals surface area contributed by atoms with Gasteiger partial charge in [-0.05, 0) is 30.2 Å². The molecule has 2 aromatic heterocycles. The molecule has 1 aromatic carbocycles. The second-order valence-electron chi connectivity index (χ2n) is 8.38. The van der Waals surface area contributed by atoms with E-state index in [-0.39, 0.29) is 18.7 Å². The van der Waals surface area contributed by atoms with Gasteiger partial charge >= 0.3 is 0 Å². The Morgan fingerprint density at radius 3 is 2.63 bits per heavy atom. The molecule has 0 spiro atoms. The van der Waals surface area contributed by atoms with Crippen molar-refractivity contribution in [3.63, 3.8) is 0 Å². The highest BCUT2D eigenvalue weighted by molar-refractivity contribution is 5.98. The van der Waals surface area contributed by atoms with Crippen LogP contribution in [0.5, 0.6) is 0 Å². The molecule has 4 rings (SSSR count). The summed E-state index contributed by atoms with van der Waals surface area (Å²) in [6.45, 7) is 6.34. The zero-order valence-electron chi connectivity index (χ0n) is 17.5. The molecule has 1 N–H and O–H groups in total. The Bertz CT molecular complexity index is 1060. The predicted molar refractivity (Wildman–Crippen MR) is 113 cm³/mol. The largest absolute Gasteiger partial charge is 0.317 e. The van der Waals surface area contributed by atoms with Gasteiger partial charge < -0.3 is 14.8 Å². The van der Waals surface area contributed by atoms with E-state index in [9.17, 15) is 4.79 Å². The standard InChI is InChI=1S/C21H26FN7O/c1-14(2)12-29-8-6-21(22,7-9-29)20(30)24-18-11-16-10-15(4-5-17(16)25-26-18)19-27-23-13-28(19)3/h4-5,10-11,13-14H,6-9,12H2,1-3H3,(H,24,26,30). The summed E-state index contributed by atoms with van der Waals surface area (Å²) in [6.07, 6.45) is 1.99. The third kappa shape index (κ3) is 4.16. The molecule has 1 aliphatic heterocycles. The number of halogens is 1. The van der Waals surface area contributed by atoms with Crippen LogP contribution in [0.1, 0.15) is 26.7 Å². The van der Waals surface area contributed by atoms with Crippen molar-refractivity contribution < 1.29 is 9.18 Å². The summed E-state index contributed by atoms with van der Waals surface area (Å²) in [5, 5.41) is 19.6. The summed E-state index contributed by atoms with van der Waals surface area (Å²) in [4.78, 5) is 14.9.